The number of rotatable bonds is 5. The minimum Gasteiger partial charge on any atom is -0.376 e. The van der Waals surface area contributed by atoms with Gasteiger partial charge in [-0.15, -0.1) is 0 Å². The van der Waals surface area contributed by atoms with E-state index in [0.29, 0.717) is 23.2 Å². The molecule has 2 aromatic rings. The zero-order valence-corrected chi connectivity index (χ0v) is 17.7. The Bertz CT molecular complexity index is 949. The second-order valence-electron chi connectivity index (χ2n) is 6.80. The molecule has 0 unspecified atom stereocenters. The van der Waals surface area contributed by atoms with Crippen molar-refractivity contribution in [2.45, 2.75) is 32.8 Å². The number of ether oxygens (including phenoxy) is 1. The van der Waals surface area contributed by atoms with E-state index in [9.17, 15) is 9.59 Å². The minimum absolute atomic E-state index is 0.0275. The van der Waals surface area contributed by atoms with Crippen LogP contribution in [0, 0.1) is 13.8 Å². The number of halogens is 2. The van der Waals surface area contributed by atoms with E-state index in [1.165, 1.54) is 6.21 Å². The molecule has 7 nitrogen and oxygen atoms in total. The van der Waals surface area contributed by atoms with Gasteiger partial charge in [-0.25, -0.2) is 5.43 Å². The molecule has 1 fully saturated rings. The highest BCUT2D eigenvalue weighted by Crippen LogP contribution is 2.28. The standard InChI is InChI=1S/C20H22Cl2N4O3/c1-12-8-14(13(2)26(12)18-6-5-15(21)9-17(18)22)10-24-25-20(28)19(27)23-11-16-4-3-7-29-16/h5-6,8-10,16H,3-4,7,11H2,1-2H3,(H,23,27)(H,25,28)/b24-10-/t16-/m0/s1. The van der Waals surface area contributed by atoms with E-state index in [4.69, 9.17) is 27.9 Å². The summed E-state index contributed by atoms with van der Waals surface area (Å²) < 4.78 is 7.37. The van der Waals surface area contributed by atoms with Crippen molar-refractivity contribution in [3.8, 4) is 5.69 Å². The lowest BCUT2D eigenvalue weighted by Gasteiger charge is -2.11. The first-order valence-corrected chi connectivity index (χ1v) is 9.99. The molecule has 0 aliphatic carbocycles. The molecule has 9 heteroatoms. The maximum atomic E-state index is 11.9. The van der Waals surface area contributed by atoms with Crippen molar-refractivity contribution in [2.75, 3.05) is 13.2 Å². The van der Waals surface area contributed by atoms with Gasteiger partial charge in [0.15, 0.2) is 0 Å². The average Bonchev–Trinajstić information content (AvgIpc) is 3.29. The number of carbonyl (C=O) groups is 2. The van der Waals surface area contributed by atoms with Crippen LogP contribution in [-0.4, -0.2) is 41.9 Å². The Kier molecular flexibility index (Phi) is 6.95. The maximum absolute atomic E-state index is 11.9. The summed E-state index contributed by atoms with van der Waals surface area (Å²) in [6.45, 7) is 4.86. The second-order valence-corrected chi connectivity index (χ2v) is 7.65. The first-order chi connectivity index (χ1) is 13.9. The molecule has 29 heavy (non-hydrogen) atoms. The smallest absolute Gasteiger partial charge is 0.329 e. The van der Waals surface area contributed by atoms with Crippen LogP contribution >= 0.6 is 23.2 Å². The number of nitrogens with one attached hydrogen (secondary N) is 2. The summed E-state index contributed by atoms with van der Waals surface area (Å²) in [7, 11) is 0. The van der Waals surface area contributed by atoms with Gasteiger partial charge in [-0.05, 0) is 51.0 Å². The van der Waals surface area contributed by atoms with Gasteiger partial charge in [0.2, 0.25) is 0 Å². The zero-order chi connectivity index (χ0) is 21.0. The van der Waals surface area contributed by atoms with Crippen molar-refractivity contribution in [1.29, 1.82) is 0 Å². The summed E-state index contributed by atoms with van der Waals surface area (Å²) in [5.74, 6) is -1.56. The molecule has 1 aliphatic heterocycles. The fourth-order valence-corrected chi connectivity index (χ4v) is 3.75. The Hall–Kier alpha value is -2.35. The molecule has 154 valence electrons. The molecule has 2 heterocycles. The fraction of sp³-hybridized carbons (Fsp3) is 0.350. The number of hydrogen-bond donors (Lipinski definition) is 2. The van der Waals surface area contributed by atoms with Crippen molar-refractivity contribution in [2.24, 2.45) is 5.10 Å². The summed E-state index contributed by atoms with van der Waals surface area (Å²) >= 11 is 12.3. The Labute approximate surface area is 179 Å². The fourth-order valence-electron chi connectivity index (χ4n) is 3.25. The van der Waals surface area contributed by atoms with Gasteiger partial charge >= 0.3 is 11.8 Å². The SMILES string of the molecule is Cc1cc(/C=N\NC(=O)C(=O)NC[C@@H]2CCCO2)c(C)n1-c1ccc(Cl)cc1Cl. The summed E-state index contributed by atoms with van der Waals surface area (Å²) in [4.78, 5) is 23.7. The topological polar surface area (TPSA) is 84.7 Å². The molecule has 2 amide bonds. The molecule has 1 aliphatic rings. The molecule has 0 radical (unpaired) electrons. The summed E-state index contributed by atoms with van der Waals surface area (Å²) in [6.07, 6.45) is 3.32. The van der Waals surface area contributed by atoms with E-state index in [-0.39, 0.29) is 6.10 Å². The quantitative estimate of drug-likeness (QED) is 0.428. The van der Waals surface area contributed by atoms with E-state index in [2.05, 4.69) is 15.8 Å². The number of benzene rings is 1. The largest absolute Gasteiger partial charge is 0.376 e. The number of hydrazone groups is 1. The van der Waals surface area contributed by atoms with Gasteiger partial charge in [0.05, 0.1) is 23.0 Å². The van der Waals surface area contributed by atoms with Gasteiger partial charge in [-0.1, -0.05) is 23.2 Å². The third-order valence-corrected chi connectivity index (χ3v) is 5.25. The van der Waals surface area contributed by atoms with Crippen molar-refractivity contribution >= 4 is 41.2 Å². The average molecular weight is 437 g/mol. The van der Waals surface area contributed by atoms with Crippen LogP contribution in [0.4, 0.5) is 0 Å². The van der Waals surface area contributed by atoms with Crippen molar-refractivity contribution in [1.82, 2.24) is 15.3 Å². The maximum Gasteiger partial charge on any atom is 0.329 e. The number of amides is 2. The molecule has 0 spiro atoms. The van der Waals surface area contributed by atoms with Crippen LogP contribution in [0.1, 0.15) is 29.8 Å². The van der Waals surface area contributed by atoms with E-state index < -0.39 is 11.8 Å². The van der Waals surface area contributed by atoms with Gasteiger partial charge in [0.25, 0.3) is 0 Å². The lowest BCUT2D eigenvalue weighted by atomic mass is 10.2. The van der Waals surface area contributed by atoms with E-state index >= 15 is 0 Å². The lowest BCUT2D eigenvalue weighted by molar-refractivity contribution is -0.139. The van der Waals surface area contributed by atoms with Gasteiger partial charge in [-0.3, -0.25) is 9.59 Å². The van der Waals surface area contributed by atoms with Crippen LogP contribution in [0.15, 0.2) is 29.4 Å². The molecule has 0 bridgehead atoms. The number of hydrogen-bond acceptors (Lipinski definition) is 4. The molecule has 1 atom stereocenters. The van der Waals surface area contributed by atoms with Crippen LogP contribution in [0.5, 0.6) is 0 Å². The predicted octanol–water partition coefficient (Wildman–Crippen LogP) is 3.15. The molecule has 1 aromatic carbocycles. The number of carbonyl (C=O) groups excluding carboxylic acids is 2. The lowest BCUT2D eigenvalue weighted by Crippen LogP contribution is -2.41. The summed E-state index contributed by atoms with van der Waals surface area (Å²) in [6, 6.07) is 7.20. The Morgan fingerprint density at radius 3 is 2.76 bits per heavy atom. The molecule has 1 aromatic heterocycles. The van der Waals surface area contributed by atoms with Crippen LogP contribution < -0.4 is 10.7 Å². The molecule has 1 saturated heterocycles. The van der Waals surface area contributed by atoms with E-state index in [1.54, 1.807) is 12.1 Å². The van der Waals surface area contributed by atoms with Crippen LogP contribution in [0.25, 0.3) is 5.69 Å². The van der Waals surface area contributed by atoms with Gasteiger partial charge < -0.3 is 14.6 Å². The van der Waals surface area contributed by atoms with Crippen LogP contribution in [0.3, 0.4) is 0 Å². The summed E-state index contributed by atoms with van der Waals surface area (Å²) in [5, 5.41) is 7.54. The first kappa shape index (κ1) is 21.4. The van der Waals surface area contributed by atoms with Gasteiger partial charge in [0, 0.05) is 35.1 Å². The third kappa shape index (κ3) is 5.18. The second kappa shape index (κ2) is 9.43. The Morgan fingerprint density at radius 1 is 1.28 bits per heavy atom. The summed E-state index contributed by atoms with van der Waals surface area (Å²) in [5.41, 5.74) is 5.65. The Balaban J connectivity index is 1.63. The highest BCUT2D eigenvalue weighted by molar-refractivity contribution is 6.36. The highest BCUT2D eigenvalue weighted by atomic mass is 35.5. The number of aryl methyl sites for hydroxylation is 1. The Morgan fingerprint density at radius 2 is 2.07 bits per heavy atom. The van der Waals surface area contributed by atoms with Crippen molar-refractivity contribution in [3.63, 3.8) is 0 Å². The van der Waals surface area contributed by atoms with Crippen molar-refractivity contribution in [3.05, 3.63) is 51.3 Å². The molecular weight excluding hydrogens is 415 g/mol. The zero-order valence-electron chi connectivity index (χ0n) is 16.2. The normalized spacial score (nSPS) is 16.3. The number of nitrogens with zero attached hydrogens (tertiary/aromatic N) is 2. The van der Waals surface area contributed by atoms with Crippen molar-refractivity contribution < 1.29 is 14.3 Å². The monoisotopic (exact) mass is 436 g/mol. The molecular formula is C20H22Cl2N4O3. The van der Waals surface area contributed by atoms with E-state index in [1.807, 2.05) is 30.5 Å². The molecule has 3 rings (SSSR count). The third-order valence-electron chi connectivity index (χ3n) is 4.71. The highest BCUT2D eigenvalue weighted by Gasteiger charge is 2.19. The minimum atomic E-state index is -0.825. The van der Waals surface area contributed by atoms with Gasteiger partial charge in [0.1, 0.15) is 0 Å². The van der Waals surface area contributed by atoms with E-state index in [0.717, 1.165) is 35.5 Å². The number of aromatic nitrogens is 1. The van der Waals surface area contributed by atoms with Crippen LogP contribution in [0.2, 0.25) is 10.0 Å². The molecule has 0 saturated carbocycles. The molecule has 2 N–H and O–H groups in total. The predicted molar refractivity (Wildman–Crippen MR) is 113 cm³/mol. The first-order valence-electron chi connectivity index (χ1n) is 9.24. The van der Waals surface area contributed by atoms with Crippen LogP contribution in [-0.2, 0) is 14.3 Å². The van der Waals surface area contributed by atoms with Gasteiger partial charge in [-0.2, -0.15) is 5.10 Å².